The first kappa shape index (κ1) is 19.1. The molecule has 0 spiro atoms. The van der Waals surface area contributed by atoms with Crippen molar-refractivity contribution in [2.45, 2.75) is 25.0 Å². The zero-order valence-electron chi connectivity index (χ0n) is 11.2. The molecule has 2 atom stereocenters. The zero-order chi connectivity index (χ0) is 14.3. The number of carbonyl (C=O) groups is 2. The molecule has 0 radical (unpaired) electrons. The summed E-state index contributed by atoms with van der Waals surface area (Å²) >= 11 is 0. The molecule has 0 fully saturated rings. The minimum absolute atomic E-state index is 0. The number of carboxylic acids is 1. The number of aliphatic hydroxyl groups is 2. The van der Waals surface area contributed by atoms with Crippen LogP contribution in [0.3, 0.4) is 0 Å². The van der Waals surface area contributed by atoms with Crippen LogP contribution in [-0.2, 0) is 20.7 Å². The Hall–Kier alpha value is -0.920. The van der Waals surface area contributed by atoms with Crippen LogP contribution in [0, 0.1) is 0 Å². The number of hydrogen-bond acceptors (Lipinski definition) is 6. The van der Waals surface area contributed by atoms with Gasteiger partial charge in [0.15, 0.2) is 6.10 Å². The molecule has 7 heteroatoms. The number of aliphatic carboxylic acids is 1. The van der Waals surface area contributed by atoms with Crippen LogP contribution < -0.4 is 34.7 Å². The molecule has 1 aromatic carbocycles. The van der Waals surface area contributed by atoms with Crippen LogP contribution in [0.15, 0.2) is 30.3 Å². The van der Waals surface area contributed by atoms with Crippen LogP contribution >= 0.6 is 0 Å². The van der Waals surface area contributed by atoms with Crippen molar-refractivity contribution in [3.05, 3.63) is 35.9 Å². The number of aliphatic hydroxyl groups excluding tert-OH is 2. The quantitative estimate of drug-likeness (QED) is 0.298. The van der Waals surface area contributed by atoms with E-state index in [4.69, 9.17) is 10.2 Å². The number of benzene rings is 1. The molecule has 0 amide bonds. The molecule has 0 saturated carbocycles. The van der Waals surface area contributed by atoms with E-state index >= 15 is 0 Å². The molecule has 0 aliphatic heterocycles. The van der Waals surface area contributed by atoms with Crippen molar-refractivity contribution < 1.29 is 59.2 Å². The predicted molar refractivity (Wildman–Crippen MR) is 62.7 cm³/mol. The summed E-state index contributed by atoms with van der Waals surface area (Å²) in [5.74, 6) is -3.10. The number of esters is 1. The van der Waals surface area contributed by atoms with Gasteiger partial charge in [-0.1, -0.05) is 30.3 Å². The Morgan fingerprint density at radius 3 is 2.30 bits per heavy atom. The average molecular weight is 290 g/mol. The predicted octanol–water partition coefficient (Wildman–Crippen LogP) is -4.36. The van der Waals surface area contributed by atoms with Crippen LogP contribution in [0.5, 0.6) is 0 Å². The van der Waals surface area contributed by atoms with Gasteiger partial charge in [-0.05, 0) is 18.4 Å². The Morgan fingerprint density at radius 1 is 1.15 bits per heavy atom. The zero-order valence-corrected chi connectivity index (χ0v) is 13.2. The normalized spacial score (nSPS) is 12.9. The van der Waals surface area contributed by atoms with E-state index in [9.17, 15) is 14.7 Å². The van der Waals surface area contributed by atoms with Gasteiger partial charge in [0.1, 0.15) is 6.10 Å². The fourth-order valence-corrected chi connectivity index (χ4v) is 1.44. The molecule has 0 heterocycles. The van der Waals surface area contributed by atoms with Gasteiger partial charge in [0.05, 0.1) is 12.6 Å². The van der Waals surface area contributed by atoms with Crippen LogP contribution in [0.4, 0.5) is 0 Å². The second kappa shape index (κ2) is 9.90. The van der Waals surface area contributed by atoms with Gasteiger partial charge in [-0.3, -0.25) is 0 Å². The van der Waals surface area contributed by atoms with E-state index < -0.39 is 24.1 Å². The van der Waals surface area contributed by atoms with Gasteiger partial charge in [-0.25, -0.2) is 4.79 Å². The molecule has 0 saturated heterocycles. The molecular formula is C13H15NaO6. The van der Waals surface area contributed by atoms with Crippen molar-refractivity contribution >= 4 is 11.9 Å². The van der Waals surface area contributed by atoms with Gasteiger partial charge in [-0.15, -0.1) is 0 Å². The van der Waals surface area contributed by atoms with Gasteiger partial charge in [0.2, 0.25) is 0 Å². The third-order valence-corrected chi connectivity index (χ3v) is 2.48. The summed E-state index contributed by atoms with van der Waals surface area (Å²) in [5.41, 5.74) is 1.08. The van der Waals surface area contributed by atoms with E-state index in [2.05, 4.69) is 4.74 Å². The van der Waals surface area contributed by atoms with E-state index in [1.54, 1.807) is 0 Å². The summed E-state index contributed by atoms with van der Waals surface area (Å²) in [6.07, 6.45) is -3.18. The Bertz CT molecular complexity index is 422. The van der Waals surface area contributed by atoms with Crippen molar-refractivity contribution in [1.29, 1.82) is 0 Å². The molecule has 0 aliphatic rings. The van der Waals surface area contributed by atoms with Crippen molar-refractivity contribution in [3.8, 4) is 0 Å². The number of rotatable bonds is 7. The molecular weight excluding hydrogens is 275 g/mol. The second-order valence-corrected chi connectivity index (χ2v) is 3.97. The second-order valence-electron chi connectivity index (χ2n) is 3.97. The van der Waals surface area contributed by atoms with Gasteiger partial charge < -0.3 is 24.9 Å². The van der Waals surface area contributed by atoms with E-state index in [1.807, 2.05) is 30.3 Å². The van der Waals surface area contributed by atoms with Crippen molar-refractivity contribution in [2.24, 2.45) is 0 Å². The summed E-state index contributed by atoms with van der Waals surface area (Å²) in [6.45, 7) is 0.0323. The third-order valence-electron chi connectivity index (χ3n) is 2.48. The Morgan fingerprint density at radius 2 is 1.75 bits per heavy atom. The number of hydrogen-bond donors (Lipinski definition) is 2. The number of aryl methyl sites for hydroxylation is 1. The molecule has 1 aromatic rings. The van der Waals surface area contributed by atoms with Gasteiger partial charge in [0, 0.05) is 0 Å². The molecule has 1 rings (SSSR count). The number of carbonyl (C=O) groups excluding carboxylic acids is 2. The smallest absolute Gasteiger partial charge is 0.547 e. The Kier molecular flexibility index (Phi) is 9.45. The largest absolute Gasteiger partial charge is 1.00 e. The first-order chi connectivity index (χ1) is 9.02. The molecule has 2 N–H and O–H groups in total. The van der Waals surface area contributed by atoms with Crippen LogP contribution in [-0.4, -0.2) is 41.0 Å². The minimum Gasteiger partial charge on any atom is -0.547 e. The summed E-state index contributed by atoms with van der Waals surface area (Å²) < 4.78 is 4.66. The summed E-state index contributed by atoms with van der Waals surface area (Å²) in [6, 6.07) is 9.52. The molecule has 0 aromatic heterocycles. The maximum Gasteiger partial charge on any atom is 1.00 e. The fraction of sp³-hybridized carbons (Fsp3) is 0.385. The fourth-order valence-electron chi connectivity index (χ4n) is 1.44. The van der Waals surface area contributed by atoms with E-state index in [1.165, 1.54) is 0 Å². The molecule has 20 heavy (non-hydrogen) atoms. The SMILES string of the molecule is O=C([O-])[C@H](O)[C@@H](O)C(=O)OCCCc1ccccc1.[Na+]. The first-order valence-electron chi connectivity index (χ1n) is 5.80. The van der Waals surface area contributed by atoms with E-state index in [-0.39, 0.29) is 36.2 Å². The maximum absolute atomic E-state index is 11.2. The standard InChI is InChI=1S/C13H16O6.Na/c14-10(12(16)17)11(15)13(18)19-8-4-7-9-5-2-1-3-6-9;/h1-3,5-6,10-11,14-15H,4,7-8H2,(H,16,17);/q;+1/p-1/t10-,11-;/m1./s1. The van der Waals surface area contributed by atoms with E-state index in [0.717, 1.165) is 5.56 Å². The molecule has 0 aliphatic carbocycles. The molecule has 6 nitrogen and oxygen atoms in total. The van der Waals surface area contributed by atoms with Crippen LogP contribution in [0.2, 0.25) is 0 Å². The average Bonchev–Trinajstić information content (AvgIpc) is 2.42. The maximum atomic E-state index is 11.2. The summed E-state index contributed by atoms with van der Waals surface area (Å²) in [5, 5.41) is 28.2. The summed E-state index contributed by atoms with van der Waals surface area (Å²) in [7, 11) is 0. The van der Waals surface area contributed by atoms with Gasteiger partial charge in [-0.2, -0.15) is 0 Å². The Labute approximate surface area is 138 Å². The monoisotopic (exact) mass is 290 g/mol. The molecule has 0 unspecified atom stereocenters. The minimum atomic E-state index is -2.28. The molecule has 0 bridgehead atoms. The number of ether oxygens (including phenoxy) is 1. The van der Waals surface area contributed by atoms with Crippen LogP contribution in [0.1, 0.15) is 12.0 Å². The topological polar surface area (TPSA) is 107 Å². The van der Waals surface area contributed by atoms with Gasteiger partial charge >= 0.3 is 35.5 Å². The first-order valence-corrected chi connectivity index (χ1v) is 5.80. The van der Waals surface area contributed by atoms with Gasteiger partial charge in [0.25, 0.3) is 0 Å². The van der Waals surface area contributed by atoms with Crippen molar-refractivity contribution in [2.75, 3.05) is 6.61 Å². The Balaban J connectivity index is 0.00000361. The van der Waals surface area contributed by atoms with Crippen molar-refractivity contribution in [1.82, 2.24) is 0 Å². The third kappa shape index (κ3) is 6.49. The number of carboxylic acid groups (broad SMARTS) is 1. The summed E-state index contributed by atoms with van der Waals surface area (Å²) in [4.78, 5) is 21.4. The van der Waals surface area contributed by atoms with Crippen LogP contribution in [0.25, 0.3) is 0 Å². The van der Waals surface area contributed by atoms with E-state index in [0.29, 0.717) is 12.8 Å². The van der Waals surface area contributed by atoms with Crippen molar-refractivity contribution in [3.63, 3.8) is 0 Å². The molecule has 104 valence electrons.